The summed E-state index contributed by atoms with van der Waals surface area (Å²) in [5.41, 5.74) is 0. The quantitative estimate of drug-likeness (QED) is 0.248. The van der Waals surface area contributed by atoms with Gasteiger partial charge in [-0.1, -0.05) is 0 Å². The maximum Gasteiger partial charge on any atom is 4.00 e. The number of rotatable bonds is 0. The topological polar surface area (TPSA) is 268 Å². The van der Waals surface area contributed by atoms with Crippen molar-refractivity contribution in [2.24, 2.45) is 0 Å². The summed E-state index contributed by atoms with van der Waals surface area (Å²) in [6, 6.07) is 0. The average Bonchev–Trinajstić information content (AvgIpc) is 1.76. The summed E-state index contributed by atoms with van der Waals surface area (Å²) in [5.74, 6) is 0. The fourth-order valence-corrected chi connectivity index (χ4v) is 0. The third kappa shape index (κ3) is 6200. The fourth-order valence-electron chi connectivity index (χ4n) is 0. The Morgan fingerprint density at radius 2 is 0.588 bits per heavy atom. The second-order valence-corrected chi connectivity index (χ2v) is 1.65. The van der Waals surface area contributed by atoms with Crippen molar-refractivity contribution in [3.8, 4) is 0 Å². The van der Waals surface area contributed by atoms with E-state index < -0.39 is 30.1 Å². The monoisotopic (exact) mass is 453 g/mol. The van der Waals surface area contributed by atoms with E-state index in [-0.39, 0.29) is 41.7 Å². The van der Waals surface area contributed by atoms with Gasteiger partial charge < -0.3 is 58.6 Å². The van der Waals surface area contributed by atoms with Gasteiger partial charge in [-0.2, -0.15) is 0 Å². The van der Waals surface area contributed by atoms with Crippen LogP contribution in [-0.4, -0.2) is 15.3 Å². The summed E-state index contributed by atoms with van der Waals surface area (Å²) in [5, 5.41) is 44.2. The third-order valence-electron chi connectivity index (χ3n) is 0. The van der Waals surface area contributed by atoms with Crippen LogP contribution in [-0.2, 0) is 0 Å². The Labute approximate surface area is 129 Å². The van der Waals surface area contributed by atoms with E-state index in [4.69, 9.17) is 58.6 Å². The van der Waals surface area contributed by atoms with Gasteiger partial charge in [-0.15, -0.1) is 0 Å². The van der Waals surface area contributed by atoms with Crippen LogP contribution in [0.4, 0.5) is 0 Å². The van der Waals surface area contributed by atoms with Crippen LogP contribution in [0.25, 0.3) is 0 Å². The van der Waals surface area contributed by atoms with E-state index >= 15 is 0 Å². The smallest absolute Gasteiger partial charge is 0.405 e. The van der Waals surface area contributed by atoms with Crippen molar-refractivity contribution in [2.45, 2.75) is 0 Å². The Morgan fingerprint density at radius 1 is 0.588 bits per heavy atom. The molecular weight excluding hydrogens is 454 g/mol. The predicted molar refractivity (Wildman–Crippen MR) is 31.1 cm³/mol. The first-order valence-electron chi connectivity index (χ1n) is 2.11. The van der Waals surface area contributed by atoms with Crippen LogP contribution in [0, 0.1) is 103 Å². The van der Waals surface area contributed by atoms with Crippen molar-refractivity contribution in [3.63, 3.8) is 0 Å². The second kappa shape index (κ2) is 24.5. The molecule has 0 aliphatic rings. The van der Waals surface area contributed by atoms with Crippen molar-refractivity contribution in [3.05, 3.63) is 46.0 Å². The zero-order chi connectivity index (χ0) is 14.3. The van der Waals surface area contributed by atoms with Gasteiger partial charge in [-0.25, -0.2) is 0 Å². The first kappa shape index (κ1) is 29.9. The molecule has 0 aromatic rings. The van der Waals surface area contributed by atoms with Crippen molar-refractivity contribution in [1.29, 1.82) is 0 Å². The average molecular weight is 454 g/mol. The Bertz CT molecular complexity index is 149. The molecule has 0 N–H and O–H groups in total. The van der Waals surface area contributed by atoms with Crippen LogP contribution in [0.5, 0.6) is 0 Å². The van der Waals surface area contributed by atoms with Gasteiger partial charge in [0.25, 0.3) is 0 Å². The maximum absolute atomic E-state index is 8.52. The Hall–Kier alpha value is -0.663. The van der Waals surface area contributed by atoms with E-state index in [9.17, 15) is 0 Å². The van der Waals surface area contributed by atoms with Gasteiger partial charge in [0.05, 0.1) is 15.3 Å². The molecule has 98 valence electrons. The number of nitrogens with zero attached hydrogens (tertiary/aromatic N) is 3. The SMILES string of the molecule is O=[N+]([O-])[O-].O=[N+]([O-])[O-].O=[N+]([O-])[O-].[Ce+4].[O-][Br+2]([O-])[O-]. The summed E-state index contributed by atoms with van der Waals surface area (Å²) in [4.78, 5) is 24.8. The predicted octanol–water partition coefficient (Wildman–Crippen LogP) is -4.28. The van der Waals surface area contributed by atoms with Gasteiger partial charge in [0.15, 0.2) is 0 Å². The molecule has 0 heterocycles. The second-order valence-electron chi connectivity index (χ2n) is 0.860. The Balaban J connectivity index is -0.0000000369. The van der Waals surface area contributed by atoms with Gasteiger partial charge >= 0.3 is 41.7 Å². The number of halogens is 1. The molecule has 0 atom stereocenters. The van der Waals surface area contributed by atoms with Gasteiger partial charge in [-0.05, 0) is 0 Å². The minimum atomic E-state index is -3.65. The summed E-state index contributed by atoms with van der Waals surface area (Å²) in [6.07, 6.45) is 0. The van der Waals surface area contributed by atoms with E-state index in [0.29, 0.717) is 0 Å². The van der Waals surface area contributed by atoms with Crippen LogP contribution >= 0.6 is 0 Å². The molecule has 0 unspecified atom stereocenters. The van der Waals surface area contributed by atoms with Gasteiger partial charge in [0.1, 0.15) is 0 Å². The van der Waals surface area contributed by atoms with Crippen molar-refractivity contribution >= 4 is 0 Å². The van der Waals surface area contributed by atoms with Crippen LogP contribution in [0.3, 0.4) is 0 Å². The zero-order valence-electron chi connectivity index (χ0n) is 7.12. The molecule has 0 aromatic heterocycles. The summed E-state index contributed by atoms with van der Waals surface area (Å²) >= 11 is -3.65. The number of hydrogen-bond donors (Lipinski definition) is 0. The molecule has 0 saturated heterocycles. The van der Waals surface area contributed by atoms with E-state index in [1.807, 2.05) is 0 Å². The molecule has 0 saturated carbocycles. The Kier molecular flexibility index (Phi) is 43.1. The molecule has 0 fully saturated rings. The summed E-state index contributed by atoms with van der Waals surface area (Å²) < 4.78 is 25.6. The molecule has 15 nitrogen and oxygen atoms in total. The number of hydrogen-bond acceptors (Lipinski definition) is 12. The first-order valence-corrected chi connectivity index (χ1v) is 4.05. The molecule has 0 amide bonds. The molecule has 0 spiro atoms. The van der Waals surface area contributed by atoms with Crippen molar-refractivity contribution in [1.82, 2.24) is 0 Å². The van der Waals surface area contributed by atoms with Gasteiger partial charge in [-0.3, -0.25) is 0 Å². The molecule has 0 aliphatic heterocycles. The standard InChI is InChI=1S/BrO3.Ce.3NO3/c2-1(3)4;;3*2-1(3)4/q-1;+4;3*-1. The minimum absolute atomic E-state index is 0. The first-order chi connectivity index (χ1) is 6.93. The van der Waals surface area contributed by atoms with Crippen LogP contribution < -0.4 is 12.6 Å². The van der Waals surface area contributed by atoms with E-state index in [1.165, 1.54) is 0 Å². The van der Waals surface area contributed by atoms with Crippen molar-refractivity contribution < 1.29 is 84.4 Å². The normalized spacial score (nSPS) is 6.35. The summed E-state index contributed by atoms with van der Waals surface area (Å²) in [6.45, 7) is 0. The fraction of sp³-hybridized carbons (Fsp3) is 0. The van der Waals surface area contributed by atoms with E-state index in [0.717, 1.165) is 0 Å². The minimum Gasteiger partial charge on any atom is -0.405 e. The van der Waals surface area contributed by atoms with Crippen LogP contribution in [0.1, 0.15) is 0 Å². The molecule has 0 bridgehead atoms. The molecule has 0 rings (SSSR count). The van der Waals surface area contributed by atoms with Gasteiger partial charge in [0, 0.05) is 0 Å². The van der Waals surface area contributed by atoms with Crippen molar-refractivity contribution in [2.75, 3.05) is 0 Å². The van der Waals surface area contributed by atoms with E-state index in [2.05, 4.69) is 0 Å². The molecular formula is BrCeN3O12. The third-order valence-corrected chi connectivity index (χ3v) is 0. The summed E-state index contributed by atoms with van der Waals surface area (Å²) in [7, 11) is 0. The maximum atomic E-state index is 8.52. The van der Waals surface area contributed by atoms with Crippen LogP contribution in [0.2, 0.25) is 0 Å². The van der Waals surface area contributed by atoms with E-state index in [1.54, 1.807) is 0 Å². The molecule has 0 aromatic carbocycles. The molecule has 0 aliphatic carbocycles. The zero-order valence-corrected chi connectivity index (χ0v) is 11.8. The Morgan fingerprint density at radius 3 is 0.588 bits per heavy atom. The molecule has 0 radical (unpaired) electrons. The van der Waals surface area contributed by atoms with Gasteiger partial charge in [0.2, 0.25) is 14.8 Å². The molecule has 17 heteroatoms. The molecule has 17 heavy (non-hydrogen) atoms. The van der Waals surface area contributed by atoms with Crippen LogP contribution in [0.15, 0.2) is 0 Å². The largest absolute Gasteiger partial charge is 4.00 e.